The third kappa shape index (κ3) is 46.7. The number of carbonyl (C=O) groups excluding carboxylic acids is 2. The Kier molecular flexibility index (Phi) is 50.0. The molecule has 0 spiro atoms. The maximum Gasteiger partial charge on any atom is 0.306 e. The van der Waals surface area contributed by atoms with Crippen LogP contribution >= 0.6 is 0 Å². The molecular formula is C57H109NO5. The van der Waals surface area contributed by atoms with Gasteiger partial charge in [0.1, 0.15) is 6.10 Å². The van der Waals surface area contributed by atoms with Gasteiger partial charge in [0.05, 0.1) is 25.2 Å². The van der Waals surface area contributed by atoms with Crippen molar-refractivity contribution >= 4 is 11.9 Å². The van der Waals surface area contributed by atoms with Crippen molar-refractivity contribution in [2.45, 2.75) is 322 Å². The summed E-state index contributed by atoms with van der Waals surface area (Å²) in [6.07, 6.45) is 59.6. The summed E-state index contributed by atoms with van der Waals surface area (Å²) in [6.45, 7) is 6.50. The van der Waals surface area contributed by atoms with Gasteiger partial charge in [-0.1, -0.05) is 238 Å². The molecule has 0 radical (unpaired) electrons. The number of carbonyl (C=O) groups is 2. The summed E-state index contributed by atoms with van der Waals surface area (Å²) in [6, 6.07) is -0.706. The Hall–Kier alpha value is -1.66. The lowest BCUT2D eigenvalue weighted by molar-refractivity contribution is -0.151. The molecule has 0 aromatic carbocycles. The Morgan fingerprint density at radius 3 is 1.14 bits per heavy atom. The number of hydrogen-bond acceptors (Lipinski definition) is 5. The van der Waals surface area contributed by atoms with E-state index in [1.807, 2.05) is 0 Å². The van der Waals surface area contributed by atoms with Crippen molar-refractivity contribution in [1.29, 1.82) is 0 Å². The van der Waals surface area contributed by atoms with Crippen LogP contribution in [0.15, 0.2) is 24.3 Å². The highest BCUT2D eigenvalue weighted by atomic mass is 16.5. The molecular weight excluding hydrogens is 779 g/mol. The van der Waals surface area contributed by atoms with Crippen LogP contribution in [0.1, 0.15) is 303 Å². The largest absolute Gasteiger partial charge is 0.462 e. The molecule has 6 heteroatoms. The monoisotopic (exact) mass is 888 g/mol. The van der Waals surface area contributed by atoms with E-state index in [2.05, 4.69) is 50.4 Å². The van der Waals surface area contributed by atoms with Gasteiger partial charge in [0.15, 0.2) is 0 Å². The topological polar surface area (TPSA) is 95.9 Å². The van der Waals surface area contributed by atoms with Gasteiger partial charge < -0.3 is 20.3 Å². The lowest BCUT2D eigenvalue weighted by Crippen LogP contribution is -2.46. The van der Waals surface area contributed by atoms with E-state index in [9.17, 15) is 19.8 Å². The summed E-state index contributed by atoms with van der Waals surface area (Å²) in [7, 11) is 0. The van der Waals surface area contributed by atoms with Crippen LogP contribution in [0, 0.1) is 0 Å². The van der Waals surface area contributed by atoms with Crippen LogP contribution in [-0.2, 0) is 14.3 Å². The van der Waals surface area contributed by atoms with Gasteiger partial charge in [-0.05, 0) is 77.0 Å². The zero-order chi connectivity index (χ0) is 45.9. The molecule has 0 heterocycles. The maximum atomic E-state index is 13.2. The molecule has 0 aliphatic rings. The van der Waals surface area contributed by atoms with E-state index in [1.165, 1.54) is 193 Å². The SMILES string of the molecule is CCCCCCCC/C=C\CCCCCC(=O)OC(CCCCC/C=C/CCCCCCCCC)CC(=O)NC(CO)C(O)CCCCCCCCCCCCCCCCCCC. The minimum absolute atomic E-state index is 0.0653. The molecule has 3 atom stereocenters. The molecule has 1 amide bonds. The zero-order valence-electron chi connectivity index (χ0n) is 42.5. The van der Waals surface area contributed by atoms with Crippen molar-refractivity contribution in [3.05, 3.63) is 24.3 Å². The van der Waals surface area contributed by atoms with Gasteiger partial charge in [-0.25, -0.2) is 0 Å². The highest BCUT2D eigenvalue weighted by molar-refractivity contribution is 5.77. The first-order chi connectivity index (χ1) is 31.0. The molecule has 0 aliphatic heterocycles. The number of allylic oxidation sites excluding steroid dienone is 4. The summed E-state index contributed by atoms with van der Waals surface area (Å²) < 4.78 is 5.93. The van der Waals surface area contributed by atoms with Gasteiger partial charge in [-0.2, -0.15) is 0 Å². The molecule has 3 unspecified atom stereocenters. The van der Waals surface area contributed by atoms with Crippen molar-refractivity contribution in [3.63, 3.8) is 0 Å². The van der Waals surface area contributed by atoms with Crippen molar-refractivity contribution in [2.75, 3.05) is 6.61 Å². The molecule has 0 aromatic heterocycles. The summed E-state index contributed by atoms with van der Waals surface area (Å²) in [5, 5.41) is 23.9. The first-order valence-electron chi connectivity index (χ1n) is 28.1. The van der Waals surface area contributed by atoms with E-state index in [1.54, 1.807) is 0 Å². The molecule has 6 nitrogen and oxygen atoms in total. The van der Waals surface area contributed by atoms with Crippen molar-refractivity contribution in [3.8, 4) is 0 Å². The number of rotatable bonds is 51. The van der Waals surface area contributed by atoms with Crippen LogP contribution in [0.25, 0.3) is 0 Å². The number of amides is 1. The molecule has 0 saturated carbocycles. The van der Waals surface area contributed by atoms with Crippen LogP contribution in [0.3, 0.4) is 0 Å². The van der Waals surface area contributed by atoms with Crippen molar-refractivity contribution in [2.24, 2.45) is 0 Å². The van der Waals surface area contributed by atoms with E-state index in [0.717, 1.165) is 64.2 Å². The second kappa shape index (κ2) is 51.3. The molecule has 0 rings (SSSR count). The van der Waals surface area contributed by atoms with Gasteiger partial charge in [-0.3, -0.25) is 9.59 Å². The summed E-state index contributed by atoms with van der Waals surface area (Å²) in [5.41, 5.74) is 0. The van der Waals surface area contributed by atoms with Crippen molar-refractivity contribution < 1.29 is 24.5 Å². The number of aliphatic hydroxyl groups excluding tert-OH is 2. The van der Waals surface area contributed by atoms with E-state index in [-0.39, 0.29) is 24.9 Å². The standard InChI is InChI=1S/C57H109NO5/c1-4-7-10-13-16-19-22-25-27-28-29-32-34-37-40-43-46-49-55(60)54(52-59)58-56(61)51-53(48-45-42-39-36-33-31-26-23-20-17-14-11-8-5-2)63-57(62)50-47-44-41-38-35-30-24-21-18-15-12-9-6-3/h30-31,33,35,53-55,59-60H,4-29,32,34,36-52H2,1-3H3,(H,58,61)/b33-31+,35-30-. The second-order valence-electron chi connectivity index (χ2n) is 19.3. The first-order valence-corrected chi connectivity index (χ1v) is 28.1. The van der Waals surface area contributed by atoms with Gasteiger partial charge in [-0.15, -0.1) is 0 Å². The quantitative estimate of drug-likeness (QED) is 0.0321. The number of ether oxygens (including phenoxy) is 1. The lowest BCUT2D eigenvalue weighted by atomic mass is 10.0. The molecule has 0 fully saturated rings. The Bertz CT molecular complexity index is 997. The molecule has 0 bridgehead atoms. The average Bonchev–Trinajstić information content (AvgIpc) is 3.28. The minimum atomic E-state index is -0.791. The fourth-order valence-electron chi connectivity index (χ4n) is 8.72. The average molecular weight is 889 g/mol. The summed E-state index contributed by atoms with van der Waals surface area (Å²) in [4.78, 5) is 26.2. The Labute approximate surface area is 392 Å². The fraction of sp³-hybridized carbons (Fsp3) is 0.895. The molecule has 0 aliphatic carbocycles. The zero-order valence-corrected chi connectivity index (χ0v) is 42.5. The Morgan fingerprint density at radius 1 is 0.444 bits per heavy atom. The number of nitrogens with one attached hydrogen (secondary N) is 1. The van der Waals surface area contributed by atoms with E-state index in [0.29, 0.717) is 19.3 Å². The van der Waals surface area contributed by atoms with Crippen LogP contribution in [-0.4, -0.2) is 46.9 Å². The fourth-order valence-corrected chi connectivity index (χ4v) is 8.72. The highest BCUT2D eigenvalue weighted by Crippen LogP contribution is 2.18. The van der Waals surface area contributed by atoms with Crippen LogP contribution in [0.4, 0.5) is 0 Å². The molecule has 0 aromatic rings. The Balaban J connectivity index is 4.52. The highest BCUT2D eigenvalue weighted by Gasteiger charge is 2.24. The van der Waals surface area contributed by atoms with E-state index < -0.39 is 18.2 Å². The van der Waals surface area contributed by atoms with Gasteiger partial charge >= 0.3 is 5.97 Å². The normalized spacial score (nSPS) is 13.3. The smallest absolute Gasteiger partial charge is 0.306 e. The molecule has 3 N–H and O–H groups in total. The third-order valence-corrected chi connectivity index (χ3v) is 13.0. The number of aliphatic hydroxyl groups is 2. The van der Waals surface area contributed by atoms with Crippen LogP contribution in [0.2, 0.25) is 0 Å². The molecule has 0 saturated heterocycles. The number of hydrogen-bond donors (Lipinski definition) is 3. The predicted molar refractivity (Wildman–Crippen MR) is 273 cm³/mol. The minimum Gasteiger partial charge on any atom is -0.462 e. The lowest BCUT2D eigenvalue weighted by Gasteiger charge is -2.24. The van der Waals surface area contributed by atoms with E-state index >= 15 is 0 Å². The molecule has 63 heavy (non-hydrogen) atoms. The molecule has 372 valence electrons. The van der Waals surface area contributed by atoms with Crippen LogP contribution in [0.5, 0.6) is 0 Å². The van der Waals surface area contributed by atoms with E-state index in [4.69, 9.17) is 4.74 Å². The van der Waals surface area contributed by atoms with Gasteiger partial charge in [0.25, 0.3) is 0 Å². The number of esters is 1. The van der Waals surface area contributed by atoms with Crippen molar-refractivity contribution in [1.82, 2.24) is 5.32 Å². The maximum absolute atomic E-state index is 13.2. The predicted octanol–water partition coefficient (Wildman–Crippen LogP) is 17.1. The van der Waals surface area contributed by atoms with Gasteiger partial charge in [0, 0.05) is 6.42 Å². The first kappa shape index (κ1) is 61.3. The second-order valence-corrected chi connectivity index (χ2v) is 19.3. The number of unbranched alkanes of at least 4 members (excludes halogenated alkanes) is 35. The van der Waals surface area contributed by atoms with Crippen LogP contribution < -0.4 is 5.32 Å². The third-order valence-electron chi connectivity index (χ3n) is 13.0. The summed E-state index contributed by atoms with van der Waals surface area (Å²) >= 11 is 0. The summed E-state index contributed by atoms with van der Waals surface area (Å²) in [5.74, 6) is -0.494. The Morgan fingerprint density at radius 2 is 0.762 bits per heavy atom. The van der Waals surface area contributed by atoms with Gasteiger partial charge in [0.2, 0.25) is 5.91 Å².